The average Bonchev–Trinajstić information content (AvgIpc) is 3.86. The van der Waals surface area contributed by atoms with Crippen LogP contribution in [0.3, 0.4) is 0 Å². The fourth-order valence-electron chi connectivity index (χ4n) is 8.24. The Morgan fingerprint density at radius 3 is 1.56 bits per heavy atom. The quantitative estimate of drug-likeness (QED) is 0.162. The van der Waals surface area contributed by atoms with E-state index in [0.29, 0.717) is 0 Å². The van der Waals surface area contributed by atoms with Crippen LogP contribution in [0.25, 0.3) is 86.6 Å². The molecule has 0 fully saturated rings. The zero-order chi connectivity index (χ0) is 37.7. The predicted molar refractivity (Wildman–Crippen MR) is 243 cm³/mol. The van der Waals surface area contributed by atoms with Crippen LogP contribution < -0.4 is 4.90 Å². The summed E-state index contributed by atoms with van der Waals surface area (Å²) in [5.41, 5.74) is 14.5. The first-order chi connectivity index (χ1) is 28.2. The number of para-hydroxylation sites is 1. The van der Waals surface area contributed by atoms with E-state index in [4.69, 9.17) is 4.42 Å². The van der Waals surface area contributed by atoms with Gasteiger partial charge in [0.15, 0.2) is 0 Å². The summed E-state index contributed by atoms with van der Waals surface area (Å²) in [6.07, 6.45) is 0. The Hall–Kier alpha value is -7.20. The normalized spacial score (nSPS) is 11.5. The van der Waals surface area contributed by atoms with E-state index in [0.717, 1.165) is 61.3 Å². The van der Waals surface area contributed by atoms with Crippen molar-refractivity contribution in [2.75, 3.05) is 4.90 Å². The van der Waals surface area contributed by atoms with Crippen molar-refractivity contribution in [2.45, 2.75) is 0 Å². The van der Waals surface area contributed by atoms with Crippen molar-refractivity contribution in [1.82, 2.24) is 0 Å². The van der Waals surface area contributed by atoms with E-state index in [1.165, 1.54) is 42.4 Å². The Morgan fingerprint density at radius 1 is 0.316 bits per heavy atom. The van der Waals surface area contributed by atoms with Gasteiger partial charge in [0.2, 0.25) is 0 Å². The standard InChI is InChI=1S/C54H35NOS/c1-3-11-36(12-4-1)40-15-9-16-41(33-40)37-21-26-43(27-22-37)55(45-30-32-53-50(35-45)47-17-7-8-20-52(47)57-53)44-28-23-38(24-29-44)42-25-31-51-49(34-42)48-19-10-18-46(54(48)56-51)39-13-5-2-6-14-39/h1-35H. The Morgan fingerprint density at radius 2 is 0.842 bits per heavy atom. The molecule has 0 aliphatic carbocycles. The second-order valence-electron chi connectivity index (χ2n) is 14.5. The molecule has 0 bridgehead atoms. The molecule has 2 heterocycles. The number of thiophene rings is 1. The highest BCUT2D eigenvalue weighted by Gasteiger charge is 2.17. The maximum Gasteiger partial charge on any atom is 0.143 e. The molecular formula is C54H35NOS. The van der Waals surface area contributed by atoms with Crippen molar-refractivity contribution in [3.63, 3.8) is 0 Å². The van der Waals surface area contributed by atoms with Gasteiger partial charge in [-0.05, 0) is 106 Å². The molecule has 0 N–H and O–H groups in total. The molecule has 3 heteroatoms. The molecule has 57 heavy (non-hydrogen) atoms. The van der Waals surface area contributed by atoms with Gasteiger partial charge >= 0.3 is 0 Å². The van der Waals surface area contributed by atoms with E-state index in [-0.39, 0.29) is 0 Å². The fraction of sp³-hybridized carbons (Fsp3) is 0. The van der Waals surface area contributed by atoms with Crippen LogP contribution >= 0.6 is 11.3 Å². The number of hydrogen-bond acceptors (Lipinski definition) is 3. The number of rotatable bonds is 7. The fourth-order valence-corrected chi connectivity index (χ4v) is 9.32. The zero-order valence-electron chi connectivity index (χ0n) is 31.0. The van der Waals surface area contributed by atoms with Gasteiger partial charge in [-0.2, -0.15) is 0 Å². The third-order valence-electron chi connectivity index (χ3n) is 11.1. The van der Waals surface area contributed by atoms with Crippen LogP contribution in [0.15, 0.2) is 217 Å². The molecule has 0 saturated heterocycles. The number of fused-ring (bicyclic) bond motifs is 6. The van der Waals surface area contributed by atoms with Crippen molar-refractivity contribution in [1.29, 1.82) is 0 Å². The van der Waals surface area contributed by atoms with Gasteiger partial charge in [-0.15, -0.1) is 11.3 Å². The van der Waals surface area contributed by atoms with Gasteiger partial charge in [0.05, 0.1) is 0 Å². The van der Waals surface area contributed by atoms with E-state index >= 15 is 0 Å². The smallest absolute Gasteiger partial charge is 0.143 e. The second-order valence-corrected chi connectivity index (χ2v) is 15.6. The van der Waals surface area contributed by atoms with E-state index in [1.54, 1.807) is 0 Å². The van der Waals surface area contributed by atoms with Crippen molar-refractivity contribution in [2.24, 2.45) is 0 Å². The second kappa shape index (κ2) is 13.8. The van der Waals surface area contributed by atoms with E-state index < -0.39 is 0 Å². The Balaban J connectivity index is 0.981. The van der Waals surface area contributed by atoms with Crippen LogP contribution in [0.1, 0.15) is 0 Å². The number of nitrogens with zero attached hydrogens (tertiary/aromatic N) is 1. The number of furan rings is 1. The number of benzene rings is 9. The molecule has 0 aliphatic rings. The molecular weight excluding hydrogens is 711 g/mol. The molecule has 2 nitrogen and oxygen atoms in total. The SMILES string of the molecule is c1ccc(-c2cccc(-c3ccc(N(c4ccc(-c5ccc6oc7c(-c8ccccc8)cccc7c6c5)cc4)c4ccc5sc6ccccc6c5c4)cc3)c2)cc1. The van der Waals surface area contributed by atoms with Crippen LogP contribution in [0.5, 0.6) is 0 Å². The van der Waals surface area contributed by atoms with Crippen molar-refractivity contribution < 1.29 is 4.42 Å². The van der Waals surface area contributed by atoms with Gasteiger partial charge in [0.1, 0.15) is 11.2 Å². The van der Waals surface area contributed by atoms with Crippen LogP contribution in [0, 0.1) is 0 Å². The maximum absolute atomic E-state index is 6.49. The van der Waals surface area contributed by atoms with Gasteiger partial charge in [-0.25, -0.2) is 0 Å². The summed E-state index contributed by atoms with van der Waals surface area (Å²) in [4.78, 5) is 2.37. The Kier molecular flexibility index (Phi) is 8.04. The lowest BCUT2D eigenvalue weighted by molar-refractivity contribution is 0.670. The molecule has 0 unspecified atom stereocenters. The average molecular weight is 746 g/mol. The molecule has 9 aromatic carbocycles. The minimum atomic E-state index is 0.895. The summed E-state index contributed by atoms with van der Waals surface area (Å²) in [5.74, 6) is 0. The molecule has 11 rings (SSSR count). The Labute approximate surface area is 335 Å². The van der Waals surface area contributed by atoms with E-state index in [9.17, 15) is 0 Å². The summed E-state index contributed by atoms with van der Waals surface area (Å²) in [6, 6.07) is 76.3. The van der Waals surface area contributed by atoms with E-state index in [1.807, 2.05) is 17.4 Å². The van der Waals surface area contributed by atoms with Crippen LogP contribution in [0.2, 0.25) is 0 Å². The predicted octanol–water partition coefficient (Wildman–Crippen LogP) is 16.1. The first-order valence-electron chi connectivity index (χ1n) is 19.3. The minimum Gasteiger partial charge on any atom is -0.455 e. The third-order valence-corrected chi connectivity index (χ3v) is 12.2. The van der Waals surface area contributed by atoms with Gasteiger partial charge in [-0.3, -0.25) is 0 Å². The molecule has 0 aliphatic heterocycles. The van der Waals surface area contributed by atoms with E-state index in [2.05, 4.69) is 211 Å². The number of hydrogen-bond donors (Lipinski definition) is 0. The lowest BCUT2D eigenvalue weighted by atomic mass is 9.98. The van der Waals surface area contributed by atoms with Gasteiger partial charge < -0.3 is 9.32 Å². The van der Waals surface area contributed by atoms with Crippen LogP contribution in [-0.2, 0) is 0 Å². The molecule has 0 spiro atoms. The molecule has 0 radical (unpaired) electrons. The minimum absolute atomic E-state index is 0.895. The summed E-state index contributed by atoms with van der Waals surface area (Å²) < 4.78 is 9.09. The number of anilines is 3. The zero-order valence-corrected chi connectivity index (χ0v) is 31.8. The summed E-state index contributed by atoms with van der Waals surface area (Å²) in [6.45, 7) is 0. The first kappa shape index (κ1) is 33.2. The first-order valence-corrected chi connectivity index (χ1v) is 20.1. The van der Waals surface area contributed by atoms with Crippen molar-refractivity contribution >= 4 is 70.5 Å². The lowest BCUT2D eigenvalue weighted by Gasteiger charge is -2.26. The molecule has 0 saturated carbocycles. The highest BCUT2D eigenvalue weighted by Crippen LogP contribution is 2.42. The molecule has 0 atom stereocenters. The van der Waals surface area contributed by atoms with Crippen LogP contribution in [0.4, 0.5) is 17.1 Å². The largest absolute Gasteiger partial charge is 0.455 e. The lowest BCUT2D eigenvalue weighted by Crippen LogP contribution is -2.09. The topological polar surface area (TPSA) is 16.4 Å². The van der Waals surface area contributed by atoms with Crippen molar-refractivity contribution in [3.05, 3.63) is 212 Å². The summed E-state index contributed by atoms with van der Waals surface area (Å²) in [5, 5.41) is 4.82. The molecule has 268 valence electrons. The highest BCUT2D eigenvalue weighted by molar-refractivity contribution is 7.25. The van der Waals surface area contributed by atoms with Gasteiger partial charge in [0, 0.05) is 53.6 Å². The molecule has 11 aromatic rings. The Bertz CT molecular complexity index is 3210. The van der Waals surface area contributed by atoms with Gasteiger partial charge in [-0.1, -0.05) is 146 Å². The summed E-state index contributed by atoms with van der Waals surface area (Å²) >= 11 is 1.85. The van der Waals surface area contributed by atoms with Crippen molar-refractivity contribution in [3.8, 4) is 44.5 Å². The summed E-state index contributed by atoms with van der Waals surface area (Å²) in [7, 11) is 0. The third kappa shape index (κ3) is 5.97. The highest BCUT2D eigenvalue weighted by atomic mass is 32.1. The monoisotopic (exact) mass is 745 g/mol. The maximum atomic E-state index is 6.49. The molecule has 2 aromatic heterocycles. The van der Waals surface area contributed by atoms with Gasteiger partial charge in [0.25, 0.3) is 0 Å². The van der Waals surface area contributed by atoms with Crippen LogP contribution in [-0.4, -0.2) is 0 Å². The molecule has 0 amide bonds.